The number of rotatable bonds is 10. The van der Waals surface area contributed by atoms with Crippen LogP contribution in [0.15, 0.2) is 12.7 Å². The van der Waals surface area contributed by atoms with Crippen molar-refractivity contribution in [3.63, 3.8) is 0 Å². The number of nitrogens with one attached hydrogen (secondary N) is 1. The minimum absolute atomic E-state index is 0.693. The Morgan fingerprint density at radius 3 is 2.60 bits per heavy atom. The van der Waals surface area contributed by atoms with E-state index in [2.05, 4.69) is 44.4 Å². The van der Waals surface area contributed by atoms with Gasteiger partial charge in [0.1, 0.15) is 0 Å². The zero-order valence-corrected chi connectivity index (χ0v) is 11.4. The number of hydrogen-bond acceptors (Lipinski definition) is 2. The van der Waals surface area contributed by atoms with Crippen LogP contribution in [-0.4, -0.2) is 24.1 Å². The van der Waals surface area contributed by atoms with Gasteiger partial charge in [0.25, 0.3) is 0 Å². The first-order valence-corrected chi connectivity index (χ1v) is 7.28. The summed E-state index contributed by atoms with van der Waals surface area (Å²) in [6, 6.07) is 0.693. The fourth-order valence-electron chi connectivity index (χ4n) is 1.49. The topological polar surface area (TPSA) is 12.0 Å². The minimum atomic E-state index is 0.693. The van der Waals surface area contributed by atoms with Gasteiger partial charge in [-0.3, -0.25) is 0 Å². The molecule has 1 N–H and O–H groups in total. The fraction of sp³-hybridized carbons (Fsp3) is 0.846. The largest absolute Gasteiger partial charge is 0.313 e. The normalized spacial score (nSPS) is 13.1. The monoisotopic (exact) mass is 229 g/mol. The molecule has 2 heteroatoms. The smallest absolute Gasteiger partial charge is 0.0158 e. The number of hydrogen-bond donors (Lipinski definition) is 1. The molecule has 1 nitrogen and oxygen atoms in total. The van der Waals surface area contributed by atoms with Crippen LogP contribution in [0, 0.1) is 5.92 Å². The summed E-state index contributed by atoms with van der Waals surface area (Å²) < 4.78 is 0. The van der Waals surface area contributed by atoms with Gasteiger partial charge in [0, 0.05) is 11.8 Å². The average molecular weight is 229 g/mol. The predicted octanol–water partition coefficient (Wildman–Crippen LogP) is 3.71. The van der Waals surface area contributed by atoms with Gasteiger partial charge in [0.15, 0.2) is 0 Å². The first-order chi connectivity index (χ1) is 7.20. The quantitative estimate of drug-likeness (QED) is 0.453. The summed E-state index contributed by atoms with van der Waals surface area (Å²) in [5, 5.41) is 3.56. The maximum Gasteiger partial charge on any atom is 0.0158 e. The van der Waals surface area contributed by atoms with Gasteiger partial charge in [-0.1, -0.05) is 26.8 Å². The van der Waals surface area contributed by atoms with Gasteiger partial charge in [0.2, 0.25) is 0 Å². The second kappa shape index (κ2) is 10.6. The van der Waals surface area contributed by atoms with Crippen LogP contribution in [0.4, 0.5) is 0 Å². The number of thioether (sulfide) groups is 1. The van der Waals surface area contributed by atoms with Crippen molar-refractivity contribution in [2.45, 2.75) is 46.1 Å². The van der Waals surface area contributed by atoms with E-state index in [1.165, 1.54) is 24.3 Å². The molecule has 0 saturated heterocycles. The number of allylic oxidation sites excluding steroid dienone is 1. The van der Waals surface area contributed by atoms with E-state index in [4.69, 9.17) is 0 Å². The van der Waals surface area contributed by atoms with Crippen LogP contribution < -0.4 is 5.32 Å². The lowest BCUT2D eigenvalue weighted by atomic mass is 10.1. The first-order valence-electron chi connectivity index (χ1n) is 6.12. The molecule has 90 valence electrons. The summed E-state index contributed by atoms with van der Waals surface area (Å²) in [7, 11) is 0. The molecule has 1 unspecified atom stereocenters. The standard InChI is InChI=1S/C13H27NS/c1-5-7-8-9-13(14-6-2)11-15-10-12(3)4/h5,12-14H,1,6-11H2,2-4H3. The molecular formula is C13H27NS. The summed E-state index contributed by atoms with van der Waals surface area (Å²) in [5.41, 5.74) is 0. The molecule has 0 radical (unpaired) electrons. The lowest BCUT2D eigenvalue weighted by Gasteiger charge is -2.17. The van der Waals surface area contributed by atoms with Gasteiger partial charge in [0.05, 0.1) is 0 Å². The molecule has 1 atom stereocenters. The van der Waals surface area contributed by atoms with Gasteiger partial charge in [-0.2, -0.15) is 11.8 Å². The second-order valence-electron chi connectivity index (χ2n) is 4.41. The Bertz CT molecular complexity index is 145. The van der Waals surface area contributed by atoms with Crippen molar-refractivity contribution in [3.05, 3.63) is 12.7 Å². The van der Waals surface area contributed by atoms with Crippen molar-refractivity contribution in [2.75, 3.05) is 18.1 Å². The Kier molecular flexibility index (Phi) is 10.6. The SMILES string of the molecule is C=CCCCC(CSCC(C)C)NCC. The van der Waals surface area contributed by atoms with Crippen LogP contribution in [0.25, 0.3) is 0 Å². The highest BCUT2D eigenvalue weighted by molar-refractivity contribution is 7.99. The molecule has 0 spiro atoms. The third-order valence-corrected chi connectivity index (χ3v) is 3.76. The van der Waals surface area contributed by atoms with Crippen molar-refractivity contribution >= 4 is 11.8 Å². The molecule has 15 heavy (non-hydrogen) atoms. The van der Waals surface area contributed by atoms with Crippen LogP contribution in [0.5, 0.6) is 0 Å². The van der Waals surface area contributed by atoms with Crippen LogP contribution in [0.2, 0.25) is 0 Å². The molecule has 0 heterocycles. The molecule has 0 aliphatic carbocycles. The van der Waals surface area contributed by atoms with Crippen molar-refractivity contribution < 1.29 is 0 Å². The van der Waals surface area contributed by atoms with Crippen LogP contribution in [0.3, 0.4) is 0 Å². The Morgan fingerprint density at radius 2 is 2.07 bits per heavy atom. The Labute approximate surface area is 100 Å². The van der Waals surface area contributed by atoms with E-state index in [0.29, 0.717) is 6.04 Å². The maximum atomic E-state index is 3.76. The van der Waals surface area contributed by atoms with E-state index in [1.54, 1.807) is 0 Å². The van der Waals surface area contributed by atoms with Gasteiger partial charge in [-0.15, -0.1) is 6.58 Å². The van der Waals surface area contributed by atoms with E-state index < -0.39 is 0 Å². The molecule has 0 amide bonds. The van der Waals surface area contributed by atoms with E-state index in [-0.39, 0.29) is 0 Å². The third kappa shape index (κ3) is 10.3. The zero-order valence-electron chi connectivity index (χ0n) is 10.6. The van der Waals surface area contributed by atoms with Gasteiger partial charge in [-0.25, -0.2) is 0 Å². The fourth-order valence-corrected chi connectivity index (χ4v) is 2.66. The predicted molar refractivity (Wildman–Crippen MR) is 73.7 cm³/mol. The molecule has 0 saturated carbocycles. The maximum absolute atomic E-state index is 3.76. The molecule has 0 aliphatic heterocycles. The third-order valence-electron chi connectivity index (χ3n) is 2.22. The summed E-state index contributed by atoms with van der Waals surface area (Å²) in [4.78, 5) is 0. The summed E-state index contributed by atoms with van der Waals surface area (Å²) in [5.74, 6) is 3.34. The molecular weight excluding hydrogens is 202 g/mol. The van der Waals surface area contributed by atoms with E-state index >= 15 is 0 Å². The minimum Gasteiger partial charge on any atom is -0.313 e. The number of unbranched alkanes of at least 4 members (excludes halogenated alkanes) is 1. The van der Waals surface area contributed by atoms with Crippen molar-refractivity contribution in [1.29, 1.82) is 0 Å². The summed E-state index contributed by atoms with van der Waals surface area (Å²) in [6.45, 7) is 11.6. The summed E-state index contributed by atoms with van der Waals surface area (Å²) in [6.07, 6.45) is 5.72. The van der Waals surface area contributed by atoms with E-state index in [1.807, 2.05) is 6.08 Å². The van der Waals surface area contributed by atoms with Gasteiger partial charge in [-0.05, 0) is 37.5 Å². The Balaban J connectivity index is 3.57. The highest BCUT2D eigenvalue weighted by Gasteiger charge is 2.06. The molecule has 0 aromatic rings. The zero-order chi connectivity index (χ0) is 11.5. The Hall–Kier alpha value is 0.0500. The molecule has 0 bridgehead atoms. The van der Waals surface area contributed by atoms with Crippen LogP contribution in [-0.2, 0) is 0 Å². The average Bonchev–Trinajstić information content (AvgIpc) is 2.17. The summed E-state index contributed by atoms with van der Waals surface area (Å²) >= 11 is 2.08. The lowest BCUT2D eigenvalue weighted by molar-refractivity contribution is 0.521. The Morgan fingerprint density at radius 1 is 1.33 bits per heavy atom. The van der Waals surface area contributed by atoms with E-state index in [9.17, 15) is 0 Å². The van der Waals surface area contributed by atoms with Crippen LogP contribution in [0.1, 0.15) is 40.0 Å². The highest BCUT2D eigenvalue weighted by atomic mass is 32.2. The molecule has 0 aliphatic rings. The molecule has 0 aromatic carbocycles. The molecule has 0 aromatic heterocycles. The second-order valence-corrected chi connectivity index (χ2v) is 5.48. The molecule has 0 fully saturated rings. The van der Waals surface area contributed by atoms with Crippen molar-refractivity contribution in [2.24, 2.45) is 5.92 Å². The van der Waals surface area contributed by atoms with Gasteiger partial charge >= 0.3 is 0 Å². The van der Waals surface area contributed by atoms with Crippen LogP contribution >= 0.6 is 11.8 Å². The first kappa shape index (κ1) is 15.0. The lowest BCUT2D eigenvalue weighted by Crippen LogP contribution is -2.31. The van der Waals surface area contributed by atoms with Gasteiger partial charge < -0.3 is 5.32 Å². The van der Waals surface area contributed by atoms with Crippen molar-refractivity contribution in [3.8, 4) is 0 Å². The highest BCUT2D eigenvalue weighted by Crippen LogP contribution is 2.12. The molecule has 0 rings (SSSR count). The van der Waals surface area contributed by atoms with E-state index in [0.717, 1.165) is 18.9 Å². The van der Waals surface area contributed by atoms with Crippen molar-refractivity contribution in [1.82, 2.24) is 5.32 Å².